The van der Waals surface area contributed by atoms with Crippen molar-refractivity contribution in [3.63, 3.8) is 0 Å². The Morgan fingerprint density at radius 1 is 1.16 bits per heavy atom. The molecule has 3 aromatic heterocycles. The molecular weight excluding hydrogens is 395 g/mol. The number of halogens is 1. The van der Waals surface area contributed by atoms with Crippen molar-refractivity contribution in [1.29, 1.82) is 0 Å². The largest absolute Gasteiger partial charge is 0.497 e. The Labute approximate surface area is 179 Å². The summed E-state index contributed by atoms with van der Waals surface area (Å²) < 4.78 is 21.1. The van der Waals surface area contributed by atoms with Crippen molar-refractivity contribution in [1.82, 2.24) is 14.5 Å². The molecule has 0 bridgehead atoms. The maximum atomic E-state index is 13.7. The number of fused-ring (bicyclic) bond motifs is 1. The zero-order valence-electron chi connectivity index (χ0n) is 17.5. The Kier molecular flexibility index (Phi) is 5.25. The van der Waals surface area contributed by atoms with Gasteiger partial charge in [-0.1, -0.05) is 6.58 Å². The first kappa shape index (κ1) is 20.3. The molecule has 0 aliphatic carbocycles. The van der Waals surface area contributed by atoms with Crippen LogP contribution in [0.25, 0.3) is 33.3 Å². The molecule has 0 aliphatic heterocycles. The lowest BCUT2D eigenvalue weighted by atomic mass is 10.0. The predicted octanol–water partition coefficient (Wildman–Crippen LogP) is 4.60. The van der Waals surface area contributed by atoms with Gasteiger partial charge >= 0.3 is 0 Å². The van der Waals surface area contributed by atoms with Crippen LogP contribution in [-0.2, 0) is 11.8 Å². The number of aryl methyl sites for hydroxylation is 1. The molecule has 3 heterocycles. The molecular formula is C24H21FN4O2. The second kappa shape index (κ2) is 8.02. The number of nitrogens with zero attached hydrogens (tertiary/aromatic N) is 4. The monoisotopic (exact) mass is 416 g/mol. The normalized spacial score (nSPS) is 10.8. The fourth-order valence-corrected chi connectivity index (χ4v) is 3.54. The third-order valence-corrected chi connectivity index (χ3v) is 5.20. The van der Waals surface area contributed by atoms with E-state index in [2.05, 4.69) is 16.5 Å². The molecule has 0 saturated carbocycles. The van der Waals surface area contributed by atoms with Gasteiger partial charge in [-0.25, -0.2) is 9.97 Å². The number of aromatic nitrogens is 3. The summed E-state index contributed by atoms with van der Waals surface area (Å²) in [6, 6.07) is 10.7. The Balaban J connectivity index is 1.88. The summed E-state index contributed by atoms with van der Waals surface area (Å²) in [4.78, 5) is 21.8. The van der Waals surface area contributed by atoms with Crippen LogP contribution in [0.1, 0.15) is 0 Å². The zero-order chi connectivity index (χ0) is 22.1. The molecule has 0 aliphatic rings. The number of carbonyl (C=O) groups is 1. The number of ether oxygens (including phenoxy) is 1. The minimum absolute atomic E-state index is 0.224. The maximum absolute atomic E-state index is 13.7. The molecule has 0 spiro atoms. The van der Waals surface area contributed by atoms with E-state index in [1.807, 2.05) is 36.0 Å². The van der Waals surface area contributed by atoms with E-state index in [0.29, 0.717) is 11.4 Å². The Morgan fingerprint density at radius 3 is 2.68 bits per heavy atom. The summed E-state index contributed by atoms with van der Waals surface area (Å²) in [5, 5.41) is 0.880. The third-order valence-electron chi connectivity index (χ3n) is 5.20. The molecule has 4 rings (SSSR count). The SMILES string of the molecule is C=CC(=O)N(C)c1cc(OC)cc(-c2cnc3c(c2)c(-c2ccnc(F)c2)cn3C)c1. The van der Waals surface area contributed by atoms with Gasteiger partial charge in [-0.2, -0.15) is 4.39 Å². The summed E-state index contributed by atoms with van der Waals surface area (Å²) >= 11 is 0. The standard InChI is InChI=1S/C24H21FN4O2/c1-5-23(30)29(3)18-8-16(9-19(12-18)31-4)17-10-20-21(14-28(2)24(20)27-13-17)15-6-7-26-22(25)11-15/h5-14H,1H2,2-4H3. The number of anilines is 1. The Morgan fingerprint density at radius 2 is 1.97 bits per heavy atom. The lowest BCUT2D eigenvalue weighted by Crippen LogP contribution is -2.23. The molecule has 0 N–H and O–H groups in total. The molecule has 31 heavy (non-hydrogen) atoms. The lowest BCUT2D eigenvalue weighted by Gasteiger charge is -2.18. The van der Waals surface area contributed by atoms with Crippen LogP contribution in [0.4, 0.5) is 10.1 Å². The molecule has 0 atom stereocenters. The fourth-order valence-electron chi connectivity index (χ4n) is 3.54. The van der Waals surface area contributed by atoms with Crippen molar-refractivity contribution in [2.24, 2.45) is 7.05 Å². The van der Waals surface area contributed by atoms with Gasteiger partial charge in [0.1, 0.15) is 11.4 Å². The number of likely N-dealkylation sites (N-methyl/N-ethyl adjacent to an activating group) is 1. The van der Waals surface area contributed by atoms with Crippen LogP contribution in [-0.4, -0.2) is 34.6 Å². The van der Waals surface area contributed by atoms with Gasteiger partial charge in [0, 0.05) is 67.0 Å². The van der Waals surface area contributed by atoms with Crippen molar-refractivity contribution < 1.29 is 13.9 Å². The summed E-state index contributed by atoms with van der Waals surface area (Å²) in [7, 11) is 5.15. The number of hydrogen-bond donors (Lipinski definition) is 0. The fraction of sp³-hybridized carbons (Fsp3) is 0.125. The number of benzene rings is 1. The molecule has 156 valence electrons. The molecule has 0 fully saturated rings. The first-order valence-corrected chi connectivity index (χ1v) is 9.58. The van der Waals surface area contributed by atoms with Gasteiger partial charge in [-0.05, 0) is 41.5 Å². The van der Waals surface area contributed by atoms with E-state index in [1.165, 1.54) is 23.2 Å². The number of carbonyl (C=O) groups excluding carboxylic acids is 1. The number of pyridine rings is 2. The molecule has 0 radical (unpaired) electrons. The second-order valence-electron chi connectivity index (χ2n) is 7.14. The average molecular weight is 416 g/mol. The summed E-state index contributed by atoms with van der Waals surface area (Å²) in [5.41, 5.74) is 4.70. The molecule has 4 aromatic rings. The minimum Gasteiger partial charge on any atom is -0.497 e. The van der Waals surface area contributed by atoms with Crippen molar-refractivity contribution in [2.45, 2.75) is 0 Å². The van der Waals surface area contributed by atoms with Crippen LogP contribution in [0.15, 0.2) is 67.6 Å². The van der Waals surface area contributed by atoms with E-state index >= 15 is 0 Å². The van der Waals surface area contributed by atoms with Crippen LogP contribution in [0.5, 0.6) is 5.75 Å². The highest BCUT2D eigenvalue weighted by molar-refractivity contribution is 6.01. The van der Waals surface area contributed by atoms with Crippen LogP contribution in [0, 0.1) is 5.95 Å². The highest BCUT2D eigenvalue weighted by atomic mass is 19.1. The summed E-state index contributed by atoms with van der Waals surface area (Å²) in [6.07, 6.45) is 6.40. The smallest absolute Gasteiger partial charge is 0.250 e. The van der Waals surface area contributed by atoms with Crippen molar-refractivity contribution in [3.8, 4) is 28.0 Å². The molecule has 7 heteroatoms. The van der Waals surface area contributed by atoms with Crippen molar-refractivity contribution >= 4 is 22.6 Å². The third kappa shape index (κ3) is 3.77. The highest BCUT2D eigenvalue weighted by Crippen LogP contribution is 2.35. The molecule has 6 nitrogen and oxygen atoms in total. The van der Waals surface area contributed by atoms with Gasteiger partial charge < -0.3 is 14.2 Å². The number of rotatable bonds is 5. The van der Waals surface area contributed by atoms with Gasteiger partial charge in [0.2, 0.25) is 11.9 Å². The van der Waals surface area contributed by atoms with Crippen molar-refractivity contribution in [3.05, 3.63) is 73.6 Å². The Hall–Kier alpha value is -4.00. The predicted molar refractivity (Wildman–Crippen MR) is 119 cm³/mol. The van der Waals surface area contributed by atoms with E-state index in [4.69, 9.17) is 4.74 Å². The maximum Gasteiger partial charge on any atom is 0.250 e. The summed E-state index contributed by atoms with van der Waals surface area (Å²) in [5.74, 6) is -0.149. The van der Waals surface area contributed by atoms with E-state index in [1.54, 1.807) is 32.5 Å². The van der Waals surface area contributed by atoms with Gasteiger partial charge in [0.05, 0.1) is 7.11 Å². The van der Waals surface area contributed by atoms with Crippen LogP contribution >= 0.6 is 0 Å². The lowest BCUT2D eigenvalue weighted by molar-refractivity contribution is -0.113. The highest BCUT2D eigenvalue weighted by Gasteiger charge is 2.15. The van der Waals surface area contributed by atoms with Gasteiger partial charge in [-0.15, -0.1) is 0 Å². The van der Waals surface area contributed by atoms with Crippen LogP contribution < -0.4 is 9.64 Å². The van der Waals surface area contributed by atoms with E-state index in [9.17, 15) is 9.18 Å². The molecule has 0 saturated heterocycles. The first-order chi connectivity index (χ1) is 14.9. The van der Waals surface area contributed by atoms with E-state index in [-0.39, 0.29) is 5.91 Å². The average Bonchev–Trinajstić information content (AvgIpc) is 3.13. The van der Waals surface area contributed by atoms with Crippen LogP contribution in [0.3, 0.4) is 0 Å². The Bertz CT molecular complexity index is 1310. The van der Waals surface area contributed by atoms with Crippen LogP contribution in [0.2, 0.25) is 0 Å². The zero-order valence-corrected chi connectivity index (χ0v) is 17.5. The van der Waals surface area contributed by atoms with E-state index < -0.39 is 5.95 Å². The quantitative estimate of drug-likeness (QED) is 0.352. The molecule has 1 aromatic carbocycles. The number of methoxy groups -OCH3 is 1. The number of amides is 1. The topological polar surface area (TPSA) is 60.3 Å². The van der Waals surface area contributed by atoms with Gasteiger partial charge in [0.15, 0.2) is 0 Å². The first-order valence-electron chi connectivity index (χ1n) is 9.58. The molecule has 1 amide bonds. The van der Waals surface area contributed by atoms with Crippen molar-refractivity contribution in [2.75, 3.05) is 19.1 Å². The number of hydrogen-bond acceptors (Lipinski definition) is 4. The summed E-state index contributed by atoms with van der Waals surface area (Å²) in [6.45, 7) is 3.55. The van der Waals surface area contributed by atoms with E-state index in [0.717, 1.165) is 33.3 Å². The second-order valence-corrected chi connectivity index (χ2v) is 7.14. The molecule has 0 unspecified atom stereocenters. The van der Waals surface area contributed by atoms with Gasteiger partial charge in [-0.3, -0.25) is 4.79 Å². The van der Waals surface area contributed by atoms with Gasteiger partial charge in [0.25, 0.3) is 0 Å². The minimum atomic E-state index is -0.536.